The van der Waals surface area contributed by atoms with E-state index in [4.69, 9.17) is 0 Å². The van der Waals surface area contributed by atoms with Gasteiger partial charge in [-0.25, -0.2) is 13.8 Å². The molecule has 2 aromatic rings. The Hall–Kier alpha value is -1.33. The highest BCUT2D eigenvalue weighted by molar-refractivity contribution is 7.09. The third kappa shape index (κ3) is 2.57. The standard InChI is InChI=1S/C13H14F2N2S/c1-3-16-12(13-8(2)17-7-18-13)10-5-4-9(14)6-11(10)15/h4-7,12,16H,3H2,1-2H3. The lowest BCUT2D eigenvalue weighted by Crippen LogP contribution is -2.23. The van der Waals surface area contributed by atoms with Gasteiger partial charge in [0.05, 0.1) is 17.2 Å². The molecule has 1 unspecified atom stereocenters. The van der Waals surface area contributed by atoms with Crippen molar-refractivity contribution in [1.29, 1.82) is 0 Å². The first-order valence-electron chi connectivity index (χ1n) is 5.71. The number of nitrogens with zero attached hydrogens (tertiary/aromatic N) is 1. The van der Waals surface area contributed by atoms with Crippen molar-refractivity contribution >= 4 is 11.3 Å². The maximum absolute atomic E-state index is 13.9. The molecule has 0 aliphatic carbocycles. The molecule has 0 spiro atoms. The first-order valence-corrected chi connectivity index (χ1v) is 6.59. The topological polar surface area (TPSA) is 24.9 Å². The molecule has 0 radical (unpaired) electrons. The van der Waals surface area contributed by atoms with Crippen LogP contribution >= 0.6 is 11.3 Å². The Labute approximate surface area is 109 Å². The zero-order valence-corrected chi connectivity index (χ0v) is 11.0. The van der Waals surface area contributed by atoms with Crippen LogP contribution in [0.4, 0.5) is 8.78 Å². The molecule has 5 heteroatoms. The normalized spacial score (nSPS) is 12.7. The van der Waals surface area contributed by atoms with Crippen LogP contribution in [-0.4, -0.2) is 11.5 Å². The SMILES string of the molecule is CCNC(c1ccc(F)cc1F)c1scnc1C. The van der Waals surface area contributed by atoms with E-state index in [1.807, 2.05) is 13.8 Å². The Kier molecular flexibility index (Phi) is 4.04. The van der Waals surface area contributed by atoms with E-state index in [-0.39, 0.29) is 6.04 Å². The summed E-state index contributed by atoms with van der Waals surface area (Å²) in [5.41, 5.74) is 3.05. The van der Waals surface area contributed by atoms with E-state index < -0.39 is 11.6 Å². The monoisotopic (exact) mass is 268 g/mol. The van der Waals surface area contributed by atoms with Gasteiger partial charge in [0.2, 0.25) is 0 Å². The second-order valence-corrected chi connectivity index (χ2v) is 4.84. The molecule has 0 bridgehead atoms. The van der Waals surface area contributed by atoms with E-state index in [1.54, 1.807) is 5.51 Å². The predicted octanol–water partition coefficient (Wildman–Crippen LogP) is 3.43. The predicted molar refractivity (Wildman–Crippen MR) is 68.7 cm³/mol. The summed E-state index contributed by atoms with van der Waals surface area (Å²) >= 11 is 1.47. The molecular weight excluding hydrogens is 254 g/mol. The van der Waals surface area contributed by atoms with E-state index in [2.05, 4.69) is 10.3 Å². The van der Waals surface area contributed by atoms with Gasteiger partial charge < -0.3 is 5.32 Å². The van der Waals surface area contributed by atoms with E-state index in [9.17, 15) is 8.78 Å². The third-order valence-corrected chi connectivity index (χ3v) is 3.72. The first-order chi connectivity index (χ1) is 8.63. The minimum atomic E-state index is -0.562. The fourth-order valence-corrected chi connectivity index (χ4v) is 2.77. The zero-order chi connectivity index (χ0) is 13.1. The van der Waals surface area contributed by atoms with Crippen LogP contribution < -0.4 is 5.32 Å². The molecule has 2 nitrogen and oxygen atoms in total. The molecule has 1 aromatic carbocycles. The van der Waals surface area contributed by atoms with Crippen molar-refractivity contribution in [2.45, 2.75) is 19.9 Å². The number of halogens is 2. The van der Waals surface area contributed by atoms with Gasteiger partial charge in [-0.15, -0.1) is 11.3 Å². The van der Waals surface area contributed by atoms with Crippen molar-refractivity contribution in [2.24, 2.45) is 0 Å². The van der Waals surface area contributed by atoms with Crippen LogP contribution in [0.1, 0.15) is 29.1 Å². The summed E-state index contributed by atoms with van der Waals surface area (Å²) in [7, 11) is 0. The molecule has 1 heterocycles. The largest absolute Gasteiger partial charge is 0.306 e. The smallest absolute Gasteiger partial charge is 0.131 e. The molecule has 0 aliphatic rings. The Morgan fingerprint density at radius 3 is 2.72 bits per heavy atom. The highest BCUT2D eigenvalue weighted by Crippen LogP contribution is 2.29. The van der Waals surface area contributed by atoms with E-state index >= 15 is 0 Å². The molecule has 0 saturated heterocycles. The van der Waals surface area contributed by atoms with Crippen LogP contribution in [0.2, 0.25) is 0 Å². The maximum Gasteiger partial charge on any atom is 0.131 e. The van der Waals surface area contributed by atoms with Gasteiger partial charge in [0.1, 0.15) is 11.6 Å². The van der Waals surface area contributed by atoms with Gasteiger partial charge in [0, 0.05) is 16.5 Å². The van der Waals surface area contributed by atoms with Crippen LogP contribution in [0.25, 0.3) is 0 Å². The number of hydrogen-bond donors (Lipinski definition) is 1. The minimum Gasteiger partial charge on any atom is -0.306 e. The summed E-state index contributed by atoms with van der Waals surface area (Å²) in [6.07, 6.45) is 0. The number of rotatable bonds is 4. The Bertz CT molecular complexity index is 540. The van der Waals surface area contributed by atoms with Crippen LogP contribution in [0.5, 0.6) is 0 Å². The summed E-state index contributed by atoms with van der Waals surface area (Å²) in [6.45, 7) is 4.53. The highest BCUT2D eigenvalue weighted by atomic mass is 32.1. The lowest BCUT2D eigenvalue weighted by molar-refractivity contribution is 0.543. The van der Waals surface area contributed by atoms with E-state index in [1.165, 1.54) is 23.5 Å². The van der Waals surface area contributed by atoms with Gasteiger partial charge in [-0.3, -0.25) is 0 Å². The van der Waals surface area contributed by atoms with E-state index in [0.29, 0.717) is 12.1 Å². The molecule has 0 amide bonds. The highest BCUT2D eigenvalue weighted by Gasteiger charge is 2.20. The zero-order valence-electron chi connectivity index (χ0n) is 10.2. The first kappa shape index (κ1) is 13.1. The van der Waals surface area contributed by atoms with Gasteiger partial charge in [0.25, 0.3) is 0 Å². The Balaban J connectivity index is 2.45. The van der Waals surface area contributed by atoms with Crippen molar-refractivity contribution < 1.29 is 8.78 Å². The summed E-state index contributed by atoms with van der Waals surface area (Å²) < 4.78 is 26.8. The quantitative estimate of drug-likeness (QED) is 0.919. The molecule has 1 N–H and O–H groups in total. The van der Waals surface area contributed by atoms with Gasteiger partial charge in [-0.2, -0.15) is 0 Å². The molecule has 0 fully saturated rings. The number of benzene rings is 1. The number of aromatic nitrogens is 1. The summed E-state index contributed by atoms with van der Waals surface area (Å²) in [4.78, 5) is 5.14. The summed E-state index contributed by atoms with van der Waals surface area (Å²) in [5.74, 6) is -1.10. The van der Waals surface area contributed by atoms with Crippen molar-refractivity contribution in [3.8, 4) is 0 Å². The van der Waals surface area contributed by atoms with Crippen LogP contribution in [0.15, 0.2) is 23.7 Å². The average molecular weight is 268 g/mol. The maximum atomic E-state index is 13.9. The number of nitrogens with one attached hydrogen (secondary N) is 1. The van der Waals surface area contributed by atoms with Crippen molar-refractivity contribution in [1.82, 2.24) is 10.3 Å². The van der Waals surface area contributed by atoms with Crippen molar-refractivity contribution in [3.63, 3.8) is 0 Å². The molecule has 18 heavy (non-hydrogen) atoms. The molecule has 0 aliphatic heterocycles. The van der Waals surface area contributed by atoms with E-state index in [0.717, 1.165) is 16.6 Å². The fraction of sp³-hybridized carbons (Fsp3) is 0.308. The van der Waals surface area contributed by atoms with Crippen LogP contribution in [0, 0.1) is 18.6 Å². The third-order valence-electron chi connectivity index (χ3n) is 2.73. The molecule has 1 aromatic heterocycles. The summed E-state index contributed by atoms with van der Waals surface area (Å²) in [6, 6.07) is 3.40. The number of thiazole rings is 1. The van der Waals surface area contributed by atoms with Gasteiger partial charge >= 0.3 is 0 Å². The van der Waals surface area contributed by atoms with Gasteiger partial charge in [-0.05, 0) is 19.5 Å². The molecule has 0 saturated carbocycles. The Morgan fingerprint density at radius 1 is 1.39 bits per heavy atom. The van der Waals surface area contributed by atoms with Crippen molar-refractivity contribution in [2.75, 3.05) is 6.54 Å². The Morgan fingerprint density at radius 2 is 2.17 bits per heavy atom. The average Bonchev–Trinajstić information content (AvgIpc) is 2.73. The fourth-order valence-electron chi connectivity index (χ4n) is 1.87. The lowest BCUT2D eigenvalue weighted by atomic mass is 10.0. The van der Waals surface area contributed by atoms with Crippen molar-refractivity contribution in [3.05, 3.63) is 51.5 Å². The van der Waals surface area contributed by atoms with Gasteiger partial charge in [-0.1, -0.05) is 13.0 Å². The second-order valence-electron chi connectivity index (χ2n) is 3.96. The molecular formula is C13H14F2N2S. The van der Waals surface area contributed by atoms with Crippen LogP contribution in [0.3, 0.4) is 0 Å². The van der Waals surface area contributed by atoms with Crippen LogP contribution in [-0.2, 0) is 0 Å². The van der Waals surface area contributed by atoms with Gasteiger partial charge in [0.15, 0.2) is 0 Å². The lowest BCUT2D eigenvalue weighted by Gasteiger charge is -2.18. The second kappa shape index (κ2) is 5.54. The number of hydrogen-bond acceptors (Lipinski definition) is 3. The minimum absolute atomic E-state index is 0.275. The molecule has 96 valence electrons. The molecule has 1 atom stereocenters. The molecule has 2 rings (SSSR count). The summed E-state index contributed by atoms with van der Waals surface area (Å²) in [5, 5.41) is 3.21. The number of aryl methyl sites for hydroxylation is 1.